The van der Waals surface area contributed by atoms with Crippen LogP contribution >= 0.6 is 0 Å². The van der Waals surface area contributed by atoms with E-state index in [2.05, 4.69) is 38.1 Å². The summed E-state index contributed by atoms with van der Waals surface area (Å²) in [6.45, 7) is 5.20. The van der Waals surface area contributed by atoms with Crippen LogP contribution in [0, 0.1) is 0 Å². The summed E-state index contributed by atoms with van der Waals surface area (Å²) in [5, 5.41) is 13.9. The van der Waals surface area contributed by atoms with E-state index in [4.69, 9.17) is 0 Å². The minimum absolute atomic E-state index is 0.159. The number of nitrogens with one attached hydrogen (secondary N) is 3. The van der Waals surface area contributed by atoms with E-state index in [9.17, 15) is 9.59 Å². The second-order valence-corrected chi connectivity index (χ2v) is 10.8. The zero-order chi connectivity index (χ0) is 28.3. The maximum atomic E-state index is 13.4. The molecule has 208 valence electrons. The smallest absolute Gasteiger partial charge is 0.258 e. The van der Waals surface area contributed by atoms with Gasteiger partial charge in [-0.25, -0.2) is 0 Å². The van der Waals surface area contributed by atoms with E-state index in [1.165, 1.54) is 18.4 Å². The second-order valence-electron chi connectivity index (χ2n) is 10.8. The van der Waals surface area contributed by atoms with Gasteiger partial charge in [-0.1, -0.05) is 42.5 Å². The molecule has 8 heteroatoms. The van der Waals surface area contributed by atoms with Gasteiger partial charge in [0, 0.05) is 47.9 Å². The molecule has 3 aromatic carbocycles. The summed E-state index contributed by atoms with van der Waals surface area (Å²) >= 11 is 0. The number of hydrogen-bond acceptors (Lipinski definition) is 5. The third-order valence-corrected chi connectivity index (χ3v) is 7.75. The first-order chi connectivity index (χ1) is 19.9. The Morgan fingerprint density at radius 2 is 1.76 bits per heavy atom. The lowest BCUT2D eigenvalue weighted by Gasteiger charge is -2.16. The fourth-order valence-corrected chi connectivity index (χ4v) is 5.53. The molecule has 3 heterocycles. The highest BCUT2D eigenvalue weighted by molar-refractivity contribution is 6.37. The van der Waals surface area contributed by atoms with Crippen molar-refractivity contribution in [1.29, 1.82) is 0 Å². The monoisotopic (exact) mass is 546 g/mol. The average Bonchev–Trinajstić information content (AvgIpc) is 3.73. The van der Waals surface area contributed by atoms with Crippen molar-refractivity contribution in [3.05, 3.63) is 113 Å². The fourth-order valence-electron chi connectivity index (χ4n) is 5.53. The van der Waals surface area contributed by atoms with Gasteiger partial charge in [0.1, 0.15) is 0 Å². The predicted molar refractivity (Wildman–Crippen MR) is 162 cm³/mol. The van der Waals surface area contributed by atoms with Crippen molar-refractivity contribution in [2.75, 3.05) is 23.7 Å². The number of aryl methyl sites for hydroxylation is 1. The number of fused-ring (bicyclic) bond motifs is 1. The summed E-state index contributed by atoms with van der Waals surface area (Å²) in [6, 6.07) is 23.3. The Kier molecular flexibility index (Phi) is 7.39. The van der Waals surface area contributed by atoms with E-state index < -0.39 is 0 Å². The number of rotatable bonds is 8. The van der Waals surface area contributed by atoms with Gasteiger partial charge in [0.15, 0.2) is 0 Å². The molecule has 1 aromatic heterocycles. The van der Waals surface area contributed by atoms with E-state index in [0.717, 1.165) is 36.4 Å². The highest BCUT2D eigenvalue weighted by Gasteiger charge is 2.30. The van der Waals surface area contributed by atoms with Crippen LogP contribution in [-0.2, 0) is 18.4 Å². The van der Waals surface area contributed by atoms with E-state index in [1.54, 1.807) is 29.1 Å². The maximum absolute atomic E-state index is 13.4. The van der Waals surface area contributed by atoms with E-state index >= 15 is 0 Å². The van der Waals surface area contributed by atoms with Crippen LogP contribution in [0.25, 0.3) is 11.3 Å². The standard InChI is InChI=1S/C33H34N6O2/c1-22(24-8-4-3-5-9-24)35-32(40)25-12-15-29-28(18-25)30(33(41)37-29)31(26-19-34-38(2)21-26)36-27-13-10-23(11-14-27)20-39-16-6-7-17-39/h3-5,8-15,18-19,21-22,36H,6-7,16-17,20H2,1-2H3,(H,35,40)(H,37,41)/t22-/m1/s1. The summed E-state index contributed by atoms with van der Waals surface area (Å²) in [7, 11) is 1.85. The summed E-state index contributed by atoms with van der Waals surface area (Å²) < 4.78 is 1.71. The van der Waals surface area contributed by atoms with Crippen molar-refractivity contribution in [3.8, 4) is 0 Å². The average molecular weight is 547 g/mol. The zero-order valence-corrected chi connectivity index (χ0v) is 23.4. The van der Waals surface area contributed by atoms with Crippen LogP contribution in [0.15, 0.2) is 85.2 Å². The molecule has 2 aliphatic rings. The SMILES string of the molecule is C[C@@H](NC(=O)c1ccc2c(c1)C(=C(Nc1ccc(CN3CCCC3)cc1)c1cnn(C)c1)C(=O)N2)c1ccccc1. The van der Waals surface area contributed by atoms with Gasteiger partial charge >= 0.3 is 0 Å². The number of carbonyl (C=O) groups is 2. The molecule has 8 nitrogen and oxygen atoms in total. The van der Waals surface area contributed by atoms with Gasteiger partial charge in [-0.15, -0.1) is 0 Å². The summed E-state index contributed by atoms with van der Waals surface area (Å²) in [5.41, 5.74) is 6.86. The first-order valence-corrected chi connectivity index (χ1v) is 14.1. The highest BCUT2D eigenvalue weighted by atomic mass is 16.2. The van der Waals surface area contributed by atoms with Crippen molar-refractivity contribution in [2.24, 2.45) is 7.05 Å². The molecule has 2 amide bonds. The number of likely N-dealkylation sites (tertiary alicyclic amines) is 1. The van der Waals surface area contributed by atoms with E-state index in [1.807, 2.05) is 62.6 Å². The fraction of sp³-hybridized carbons (Fsp3) is 0.242. The molecule has 0 bridgehead atoms. The van der Waals surface area contributed by atoms with Crippen LogP contribution in [0.3, 0.4) is 0 Å². The van der Waals surface area contributed by atoms with Crippen molar-refractivity contribution in [1.82, 2.24) is 20.0 Å². The topological polar surface area (TPSA) is 91.3 Å². The van der Waals surface area contributed by atoms with Gasteiger partial charge in [0.25, 0.3) is 11.8 Å². The number of benzene rings is 3. The normalized spacial score (nSPS) is 16.7. The van der Waals surface area contributed by atoms with E-state index in [0.29, 0.717) is 28.1 Å². The van der Waals surface area contributed by atoms with Gasteiger partial charge in [-0.05, 0) is 74.3 Å². The Morgan fingerprint density at radius 1 is 1.00 bits per heavy atom. The van der Waals surface area contributed by atoms with Crippen LogP contribution in [0.5, 0.6) is 0 Å². The van der Waals surface area contributed by atoms with E-state index in [-0.39, 0.29) is 17.9 Å². The lowest BCUT2D eigenvalue weighted by atomic mass is 9.99. The molecule has 2 aliphatic heterocycles. The highest BCUT2D eigenvalue weighted by Crippen LogP contribution is 2.38. The maximum Gasteiger partial charge on any atom is 0.258 e. The predicted octanol–water partition coefficient (Wildman–Crippen LogP) is 5.44. The lowest BCUT2D eigenvalue weighted by Crippen LogP contribution is -2.26. The molecule has 6 rings (SSSR count). The number of amides is 2. The zero-order valence-electron chi connectivity index (χ0n) is 23.4. The molecule has 4 aromatic rings. The third-order valence-electron chi connectivity index (χ3n) is 7.75. The van der Waals surface area contributed by atoms with Gasteiger partial charge in [-0.2, -0.15) is 5.10 Å². The number of hydrogen-bond donors (Lipinski definition) is 3. The first-order valence-electron chi connectivity index (χ1n) is 14.1. The van der Waals surface area contributed by atoms with Crippen LogP contribution in [0.2, 0.25) is 0 Å². The first kappa shape index (κ1) is 26.5. The number of nitrogens with zero attached hydrogens (tertiary/aromatic N) is 3. The Balaban J connectivity index is 1.31. The number of aromatic nitrogens is 2. The molecule has 1 atom stereocenters. The van der Waals surface area contributed by atoms with Crippen molar-refractivity contribution in [2.45, 2.75) is 32.4 Å². The largest absolute Gasteiger partial charge is 0.354 e. The molecule has 0 aliphatic carbocycles. The molecular formula is C33H34N6O2. The molecule has 0 radical (unpaired) electrons. The van der Waals surface area contributed by atoms with Crippen LogP contribution in [0.1, 0.15) is 58.4 Å². The van der Waals surface area contributed by atoms with Crippen LogP contribution in [-0.4, -0.2) is 39.6 Å². The third kappa shape index (κ3) is 5.78. The molecule has 1 fully saturated rings. The summed E-state index contributed by atoms with van der Waals surface area (Å²) in [6.07, 6.45) is 6.14. The quantitative estimate of drug-likeness (QED) is 0.256. The Hall–Kier alpha value is -4.69. The Bertz CT molecular complexity index is 1600. The summed E-state index contributed by atoms with van der Waals surface area (Å²) in [5.74, 6) is -0.431. The second kappa shape index (κ2) is 11.4. The van der Waals surface area contributed by atoms with Gasteiger partial charge in [0.05, 0.1) is 23.5 Å². The molecular weight excluding hydrogens is 512 g/mol. The molecule has 3 N–H and O–H groups in total. The van der Waals surface area contributed by atoms with Crippen molar-refractivity contribution in [3.63, 3.8) is 0 Å². The van der Waals surface area contributed by atoms with Gasteiger partial charge < -0.3 is 16.0 Å². The molecule has 41 heavy (non-hydrogen) atoms. The Morgan fingerprint density at radius 3 is 2.46 bits per heavy atom. The van der Waals surface area contributed by atoms with Crippen LogP contribution < -0.4 is 16.0 Å². The molecule has 0 saturated carbocycles. The van der Waals surface area contributed by atoms with Crippen LogP contribution in [0.4, 0.5) is 11.4 Å². The molecule has 0 spiro atoms. The van der Waals surface area contributed by atoms with Crippen molar-refractivity contribution >= 4 is 34.5 Å². The van der Waals surface area contributed by atoms with Gasteiger partial charge in [-0.3, -0.25) is 19.2 Å². The number of anilines is 2. The summed E-state index contributed by atoms with van der Waals surface area (Å²) in [4.78, 5) is 29.1. The minimum atomic E-state index is -0.229. The Labute approximate surface area is 240 Å². The minimum Gasteiger partial charge on any atom is -0.354 e. The molecule has 1 saturated heterocycles. The van der Waals surface area contributed by atoms with Crippen molar-refractivity contribution < 1.29 is 9.59 Å². The molecule has 0 unspecified atom stereocenters. The lowest BCUT2D eigenvalue weighted by molar-refractivity contribution is -0.110. The van der Waals surface area contributed by atoms with Gasteiger partial charge in [0.2, 0.25) is 0 Å². The number of carbonyl (C=O) groups excluding carboxylic acids is 2.